The lowest BCUT2D eigenvalue weighted by atomic mass is 10.2. The number of aryl methyl sites for hydroxylation is 1. The van der Waals surface area contributed by atoms with E-state index >= 15 is 0 Å². The highest BCUT2D eigenvalue weighted by atomic mass is 32.2. The van der Waals surface area contributed by atoms with Crippen molar-refractivity contribution in [3.8, 4) is 5.75 Å². The maximum atomic E-state index is 5.16. The first kappa shape index (κ1) is 12.2. The average molecular weight is 225 g/mol. The SMILES string of the molecule is COc1ccc(NCCCSC)c(C)c1. The van der Waals surface area contributed by atoms with Gasteiger partial charge in [-0.05, 0) is 49.1 Å². The van der Waals surface area contributed by atoms with Crippen LogP contribution in [0.1, 0.15) is 12.0 Å². The highest BCUT2D eigenvalue weighted by Gasteiger charge is 1.98. The molecule has 1 rings (SSSR count). The monoisotopic (exact) mass is 225 g/mol. The second-order valence-electron chi connectivity index (χ2n) is 3.45. The molecule has 84 valence electrons. The second-order valence-corrected chi connectivity index (χ2v) is 4.44. The zero-order valence-electron chi connectivity index (χ0n) is 9.67. The summed E-state index contributed by atoms with van der Waals surface area (Å²) in [6.45, 7) is 3.13. The normalized spacial score (nSPS) is 10.1. The molecule has 0 fully saturated rings. The Balaban J connectivity index is 2.47. The zero-order chi connectivity index (χ0) is 11.1. The van der Waals surface area contributed by atoms with Crippen LogP contribution in [0.15, 0.2) is 18.2 Å². The maximum absolute atomic E-state index is 5.16. The number of nitrogens with one attached hydrogen (secondary N) is 1. The first-order chi connectivity index (χ1) is 7.27. The molecule has 15 heavy (non-hydrogen) atoms. The number of hydrogen-bond acceptors (Lipinski definition) is 3. The quantitative estimate of drug-likeness (QED) is 0.751. The molecule has 2 nitrogen and oxygen atoms in total. The van der Waals surface area contributed by atoms with Gasteiger partial charge in [0.2, 0.25) is 0 Å². The van der Waals surface area contributed by atoms with Crippen LogP contribution in [0.25, 0.3) is 0 Å². The number of anilines is 1. The van der Waals surface area contributed by atoms with E-state index in [1.165, 1.54) is 23.4 Å². The Hall–Kier alpha value is -0.830. The molecule has 0 amide bonds. The van der Waals surface area contributed by atoms with E-state index in [1.807, 2.05) is 17.8 Å². The molecule has 1 aromatic rings. The molecule has 3 heteroatoms. The van der Waals surface area contributed by atoms with Gasteiger partial charge in [0.05, 0.1) is 7.11 Å². The van der Waals surface area contributed by atoms with E-state index in [0.717, 1.165) is 12.3 Å². The predicted molar refractivity (Wildman–Crippen MR) is 69.2 cm³/mol. The summed E-state index contributed by atoms with van der Waals surface area (Å²) in [7, 11) is 1.69. The van der Waals surface area contributed by atoms with Crippen LogP contribution in [0.3, 0.4) is 0 Å². The smallest absolute Gasteiger partial charge is 0.119 e. The standard InChI is InChI=1S/C12H19NOS/c1-10-9-11(14-2)5-6-12(10)13-7-4-8-15-3/h5-6,9,13H,4,7-8H2,1-3H3. The molecular formula is C12H19NOS. The summed E-state index contributed by atoms with van der Waals surface area (Å²) in [5.74, 6) is 2.13. The Morgan fingerprint density at radius 2 is 2.20 bits per heavy atom. The molecule has 0 saturated heterocycles. The van der Waals surface area contributed by atoms with Crippen LogP contribution in [0.5, 0.6) is 5.75 Å². The molecular weight excluding hydrogens is 206 g/mol. The number of methoxy groups -OCH3 is 1. The molecule has 1 N–H and O–H groups in total. The van der Waals surface area contributed by atoms with Crippen LogP contribution >= 0.6 is 11.8 Å². The van der Waals surface area contributed by atoms with Crippen molar-refractivity contribution in [1.82, 2.24) is 0 Å². The molecule has 0 aliphatic rings. The van der Waals surface area contributed by atoms with E-state index < -0.39 is 0 Å². The lowest BCUT2D eigenvalue weighted by Gasteiger charge is -2.10. The van der Waals surface area contributed by atoms with Crippen molar-refractivity contribution in [3.63, 3.8) is 0 Å². The van der Waals surface area contributed by atoms with E-state index in [1.54, 1.807) is 7.11 Å². The average Bonchev–Trinajstić information content (AvgIpc) is 2.26. The van der Waals surface area contributed by atoms with Crippen molar-refractivity contribution in [1.29, 1.82) is 0 Å². The van der Waals surface area contributed by atoms with Crippen LogP contribution in [-0.4, -0.2) is 25.7 Å². The van der Waals surface area contributed by atoms with Gasteiger partial charge in [0.25, 0.3) is 0 Å². The molecule has 0 radical (unpaired) electrons. The molecule has 0 aliphatic heterocycles. The van der Waals surface area contributed by atoms with Crippen LogP contribution in [-0.2, 0) is 0 Å². The van der Waals surface area contributed by atoms with Crippen molar-refractivity contribution < 1.29 is 4.74 Å². The molecule has 0 spiro atoms. The van der Waals surface area contributed by atoms with Crippen molar-refractivity contribution in [3.05, 3.63) is 23.8 Å². The molecule has 0 saturated carbocycles. The van der Waals surface area contributed by atoms with Gasteiger partial charge in [0.1, 0.15) is 5.75 Å². The number of ether oxygens (including phenoxy) is 1. The van der Waals surface area contributed by atoms with Gasteiger partial charge in [-0.15, -0.1) is 0 Å². The predicted octanol–water partition coefficient (Wildman–Crippen LogP) is 3.17. The highest BCUT2D eigenvalue weighted by molar-refractivity contribution is 7.98. The Bertz CT molecular complexity index is 302. The first-order valence-corrected chi connectivity index (χ1v) is 6.54. The minimum Gasteiger partial charge on any atom is -0.497 e. The summed E-state index contributed by atoms with van der Waals surface area (Å²) >= 11 is 1.89. The number of thioether (sulfide) groups is 1. The summed E-state index contributed by atoms with van der Waals surface area (Å²) in [5, 5.41) is 3.43. The minimum atomic E-state index is 0.919. The topological polar surface area (TPSA) is 21.3 Å². The van der Waals surface area contributed by atoms with Gasteiger partial charge in [-0.1, -0.05) is 0 Å². The fourth-order valence-corrected chi connectivity index (χ4v) is 1.83. The van der Waals surface area contributed by atoms with Crippen LogP contribution in [0.4, 0.5) is 5.69 Å². The van der Waals surface area contributed by atoms with E-state index in [4.69, 9.17) is 4.74 Å². The highest BCUT2D eigenvalue weighted by Crippen LogP contribution is 2.20. The molecule has 1 aromatic carbocycles. The summed E-state index contributed by atoms with van der Waals surface area (Å²) in [5.41, 5.74) is 2.44. The largest absolute Gasteiger partial charge is 0.497 e. The van der Waals surface area contributed by atoms with Crippen LogP contribution in [0.2, 0.25) is 0 Å². The summed E-state index contributed by atoms with van der Waals surface area (Å²) in [6.07, 6.45) is 3.34. The van der Waals surface area contributed by atoms with Gasteiger partial charge >= 0.3 is 0 Å². The molecule has 0 aromatic heterocycles. The molecule has 0 unspecified atom stereocenters. The van der Waals surface area contributed by atoms with E-state index in [9.17, 15) is 0 Å². The summed E-state index contributed by atoms with van der Waals surface area (Å²) in [6, 6.07) is 6.12. The Kier molecular flexibility index (Phi) is 5.40. The number of rotatable bonds is 6. The molecule has 0 bridgehead atoms. The minimum absolute atomic E-state index is 0.919. The van der Waals surface area contributed by atoms with Gasteiger partial charge in [-0.3, -0.25) is 0 Å². The second kappa shape index (κ2) is 6.62. The van der Waals surface area contributed by atoms with Gasteiger partial charge in [0, 0.05) is 12.2 Å². The Morgan fingerprint density at radius 1 is 1.40 bits per heavy atom. The van der Waals surface area contributed by atoms with Crippen LogP contribution in [0, 0.1) is 6.92 Å². The van der Waals surface area contributed by atoms with E-state index in [2.05, 4.69) is 30.6 Å². The molecule has 0 heterocycles. The third-order valence-corrected chi connectivity index (χ3v) is 2.97. The molecule has 0 atom stereocenters. The number of benzene rings is 1. The van der Waals surface area contributed by atoms with E-state index in [-0.39, 0.29) is 0 Å². The van der Waals surface area contributed by atoms with Gasteiger partial charge in [-0.25, -0.2) is 0 Å². The van der Waals surface area contributed by atoms with E-state index in [0.29, 0.717) is 0 Å². The van der Waals surface area contributed by atoms with Crippen molar-refractivity contribution >= 4 is 17.4 Å². The lowest BCUT2D eigenvalue weighted by molar-refractivity contribution is 0.414. The number of hydrogen-bond donors (Lipinski definition) is 1. The fraction of sp³-hybridized carbons (Fsp3) is 0.500. The molecule has 0 aliphatic carbocycles. The first-order valence-electron chi connectivity index (χ1n) is 5.15. The third-order valence-electron chi connectivity index (χ3n) is 2.27. The lowest BCUT2D eigenvalue weighted by Crippen LogP contribution is -2.03. The summed E-state index contributed by atoms with van der Waals surface area (Å²) in [4.78, 5) is 0. The van der Waals surface area contributed by atoms with Gasteiger partial charge < -0.3 is 10.1 Å². The van der Waals surface area contributed by atoms with Crippen LogP contribution < -0.4 is 10.1 Å². The third kappa shape index (κ3) is 4.04. The van der Waals surface area contributed by atoms with Gasteiger partial charge in [0.15, 0.2) is 0 Å². The zero-order valence-corrected chi connectivity index (χ0v) is 10.5. The van der Waals surface area contributed by atoms with Crippen molar-refractivity contribution in [2.75, 3.05) is 31.0 Å². The Morgan fingerprint density at radius 3 is 2.80 bits per heavy atom. The van der Waals surface area contributed by atoms with Crippen molar-refractivity contribution in [2.45, 2.75) is 13.3 Å². The fourth-order valence-electron chi connectivity index (χ4n) is 1.40. The Labute approximate surface area is 96.4 Å². The summed E-state index contributed by atoms with van der Waals surface area (Å²) < 4.78 is 5.16. The maximum Gasteiger partial charge on any atom is 0.119 e. The van der Waals surface area contributed by atoms with Crippen molar-refractivity contribution in [2.24, 2.45) is 0 Å². The van der Waals surface area contributed by atoms with Gasteiger partial charge in [-0.2, -0.15) is 11.8 Å².